The Morgan fingerprint density at radius 2 is 1.63 bits per heavy atom. The number of rotatable bonds is 5. The lowest BCUT2D eigenvalue weighted by Gasteiger charge is -2.37. The summed E-state index contributed by atoms with van der Waals surface area (Å²) in [6, 6.07) is 15.2. The van der Waals surface area contributed by atoms with Gasteiger partial charge in [-0.15, -0.1) is 0 Å². The fourth-order valence-electron chi connectivity index (χ4n) is 4.22. The van der Waals surface area contributed by atoms with Crippen LogP contribution in [0.1, 0.15) is 24.4 Å². The van der Waals surface area contributed by atoms with Crippen LogP contribution in [-0.4, -0.2) is 67.9 Å². The standard InChI is InChI=1S/C22H28N4O3S/c27-22(24-19-9-12-25(13-10-19)20-8-4-5-11-23-20)21(18-6-2-1-3-7-18)26-14-16-30(28,29)17-15-26/h1-8,11,19,21H,9-10,12-17H2,(H,24,27). The lowest BCUT2D eigenvalue weighted by Crippen LogP contribution is -2.51. The highest BCUT2D eigenvalue weighted by Crippen LogP contribution is 2.24. The van der Waals surface area contributed by atoms with Gasteiger partial charge in [-0.25, -0.2) is 13.4 Å². The first-order valence-corrected chi connectivity index (χ1v) is 12.3. The second kappa shape index (κ2) is 9.14. The van der Waals surface area contributed by atoms with Gasteiger partial charge >= 0.3 is 0 Å². The zero-order valence-corrected chi connectivity index (χ0v) is 17.8. The molecule has 2 fully saturated rings. The quantitative estimate of drug-likeness (QED) is 0.780. The highest BCUT2D eigenvalue weighted by Gasteiger charge is 2.33. The van der Waals surface area contributed by atoms with E-state index in [0.717, 1.165) is 37.3 Å². The van der Waals surface area contributed by atoms with Gasteiger partial charge in [-0.2, -0.15) is 0 Å². The van der Waals surface area contributed by atoms with E-state index in [0.29, 0.717) is 13.1 Å². The van der Waals surface area contributed by atoms with E-state index < -0.39 is 15.9 Å². The van der Waals surface area contributed by atoms with Gasteiger partial charge in [0, 0.05) is 38.4 Å². The van der Waals surface area contributed by atoms with Crippen molar-refractivity contribution in [3.8, 4) is 0 Å². The number of nitrogens with zero attached hydrogens (tertiary/aromatic N) is 3. The molecular formula is C22H28N4O3S. The minimum atomic E-state index is -3.00. The average molecular weight is 429 g/mol. The number of carbonyl (C=O) groups excluding carboxylic acids is 1. The van der Waals surface area contributed by atoms with Crippen LogP contribution in [-0.2, 0) is 14.6 Å². The highest BCUT2D eigenvalue weighted by atomic mass is 32.2. The number of amides is 1. The molecule has 1 aromatic heterocycles. The van der Waals surface area contributed by atoms with E-state index >= 15 is 0 Å². The summed E-state index contributed by atoms with van der Waals surface area (Å²) in [4.78, 5) is 21.9. The van der Waals surface area contributed by atoms with Crippen LogP contribution in [0.5, 0.6) is 0 Å². The Kier molecular flexibility index (Phi) is 6.34. The maximum absolute atomic E-state index is 13.3. The number of carbonyl (C=O) groups is 1. The molecule has 0 radical (unpaired) electrons. The predicted molar refractivity (Wildman–Crippen MR) is 117 cm³/mol. The highest BCUT2D eigenvalue weighted by molar-refractivity contribution is 7.91. The summed E-state index contributed by atoms with van der Waals surface area (Å²) >= 11 is 0. The molecule has 2 aromatic rings. The molecule has 8 heteroatoms. The molecule has 7 nitrogen and oxygen atoms in total. The van der Waals surface area contributed by atoms with Crippen LogP contribution < -0.4 is 10.2 Å². The van der Waals surface area contributed by atoms with Crippen molar-refractivity contribution in [3.05, 3.63) is 60.3 Å². The molecular weight excluding hydrogens is 400 g/mol. The van der Waals surface area contributed by atoms with E-state index in [1.807, 2.05) is 53.4 Å². The van der Waals surface area contributed by atoms with E-state index in [9.17, 15) is 13.2 Å². The van der Waals surface area contributed by atoms with E-state index in [4.69, 9.17) is 0 Å². The van der Waals surface area contributed by atoms with Gasteiger partial charge in [0.05, 0.1) is 11.5 Å². The molecule has 4 rings (SSSR count). The molecule has 2 saturated heterocycles. The van der Waals surface area contributed by atoms with E-state index in [2.05, 4.69) is 15.2 Å². The minimum absolute atomic E-state index is 0.0446. The van der Waals surface area contributed by atoms with Crippen molar-refractivity contribution < 1.29 is 13.2 Å². The molecule has 0 saturated carbocycles. The normalized spacial score (nSPS) is 21.1. The van der Waals surface area contributed by atoms with Gasteiger partial charge in [-0.3, -0.25) is 9.69 Å². The second-order valence-electron chi connectivity index (χ2n) is 7.96. The zero-order chi connectivity index (χ0) is 21.0. The number of benzene rings is 1. The maximum atomic E-state index is 13.3. The first-order valence-electron chi connectivity index (χ1n) is 10.5. The third-order valence-electron chi connectivity index (χ3n) is 5.92. The van der Waals surface area contributed by atoms with Gasteiger partial charge in [0.25, 0.3) is 0 Å². The fraction of sp³-hybridized carbons (Fsp3) is 0.455. The number of anilines is 1. The van der Waals surface area contributed by atoms with Crippen LogP contribution in [0.3, 0.4) is 0 Å². The number of hydrogen-bond acceptors (Lipinski definition) is 6. The Morgan fingerprint density at radius 1 is 0.967 bits per heavy atom. The first kappa shape index (κ1) is 20.8. The summed E-state index contributed by atoms with van der Waals surface area (Å²) in [5, 5.41) is 3.23. The molecule has 3 heterocycles. The average Bonchev–Trinajstić information content (AvgIpc) is 2.77. The number of aromatic nitrogens is 1. The molecule has 1 atom stereocenters. The van der Waals surface area contributed by atoms with Crippen LogP contribution in [0.4, 0.5) is 5.82 Å². The van der Waals surface area contributed by atoms with E-state index in [1.54, 1.807) is 6.20 Å². The summed E-state index contributed by atoms with van der Waals surface area (Å²) in [5.74, 6) is 1.13. The first-order chi connectivity index (χ1) is 14.5. The molecule has 30 heavy (non-hydrogen) atoms. The SMILES string of the molecule is O=C(NC1CCN(c2ccccn2)CC1)C(c1ccccc1)N1CCS(=O)(=O)CC1. The Balaban J connectivity index is 1.41. The van der Waals surface area contributed by atoms with Crippen molar-refractivity contribution in [1.29, 1.82) is 0 Å². The smallest absolute Gasteiger partial charge is 0.242 e. The van der Waals surface area contributed by atoms with Gasteiger partial charge in [0.15, 0.2) is 9.84 Å². The number of pyridine rings is 1. The predicted octanol–water partition coefficient (Wildman–Crippen LogP) is 1.64. The van der Waals surface area contributed by atoms with E-state index in [-0.39, 0.29) is 23.5 Å². The van der Waals surface area contributed by atoms with Crippen molar-refractivity contribution in [1.82, 2.24) is 15.2 Å². The number of piperidine rings is 1. The zero-order valence-electron chi connectivity index (χ0n) is 17.0. The number of sulfone groups is 1. The number of hydrogen-bond donors (Lipinski definition) is 1. The van der Waals surface area contributed by atoms with Crippen molar-refractivity contribution in [2.24, 2.45) is 0 Å². The number of nitrogens with one attached hydrogen (secondary N) is 1. The molecule has 1 unspecified atom stereocenters. The summed E-state index contributed by atoms with van der Waals surface area (Å²) in [6.45, 7) is 2.46. The summed E-state index contributed by atoms with van der Waals surface area (Å²) in [7, 11) is -3.00. The molecule has 0 spiro atoms. The monoisotopic (exact) mass is 428 g/mol. The van der Waals surface area contributed by atoms with Crippen LogP contribution >= 0.6 is 0 Å². The van der Waals surface area contributed by atoms with Crippen molar-refractivity contribution in [3.63, 3.8) is 0 Å². The van der Waals surface area contributed by atoms with Crippen molar-refractivity contribution in [2.45, 2.75) is 24.9 Å². The Hall–Kier alpha value is -2.45. The fourth-order valence-corrected chi connectivity index (χ4v) is 5.45. The molecule has 1 aromatic carbocycles. The summed E-state index contributed by atoms with van der Waals surface area (Å²) in [6.07, 6.45) is 3.52. The van der Waals surface area contributed by atoms with Crippen LogP contribution in [0.2, 0.25) is 0 Å². The van der Waals surface area contributed by atoms with Gasteiger partial charge in [-0.05, 0) is 30.5 Å². The Bertz CT molecular complexity index is 931. The molecule has 2 aliphatic heterocycles. The van der Waals surface area contributed by atoms with Crippen LogP contribution in [0, 0.1) is 0 Å². The molecule has 0 aliphatic carbocycles. The maximum Gasteiger partial charge on any atom is 0.242 e. The third kappa shape index (κ3) is 4.99. The molecule has 0 bridgehead atoms. The largest absolute Gasteiger partial charge is 0.356 e. The Morgan fingerprint density at radius 3 is 2.27 bits per heavy atom. The second-order valence-corrected chi connectivity index (χ2v) is 10.3. The van der Waals surface area contributed by atoms with Gasteiger partial charge in [0.2, 0.25) is 5.91 Å². The summed E-state index contributed by atoms with van der Waals surface area (Å²) < 4.78 is 23.7. The molecule has 160 valence electrons. The van der Waals surface area contributed by atoms with Crippen LogP contribution in [0.25, 0.3) is 0 Å². The van der Waals surface area contributed by atoms with E-state index in [1.165, 1.54) is 0 Å². The molecule has 1 N–H and O–H groups in total. The topological polar surface area (TPSA) is 82.6 Å². The van der Waals surface area contributed by atoms with Gasteiger partial charge in [0.1, 0.15) is 11.9 Å². The minimum Gasteiger partial charge on any atom is -0.356 e. The van der Waals surface area contributed by atoms with Crippen molar-refractivity contribution >= 4 is 21.6 Å². The van der Waals surface area contributed by atoms with Gasteiger partial charge < -0.3 is 10.2 Å². The molecule has 2 aliphatic rings. The third-order valence-corrected chi connectivity index (χ3v) is 7.53. The molecule has 1 amide bonds. The Labute approximate surface area is 178 Å². The van der Waals surface area contributed by atoms with Crippen LogP contribution in [0.15, 0.2) is 54.7 Å². The lowest BCUT2D eigenvalue weighted by atomic mass is 10.0. The lowest BCUT2D eigenvalue weighted by molar-refractivity contribution is -0.127. The van der Waals surface area contributed by atoms with Crippen molar-refractivity contribution in [2.75, 3.05) is 42.6 Å². The van der Waals surface area contributed by atoms with Gasteiger partial charge in [-0.1, -0.05) is 36.4 Å². The summed E-state index contributed by atoms with van der Waals surface area (Å²) in [5.41, 5.74) is 0.903.